The van der Waals surface area contributed by atoms with E-state index in [2.05, 4.69) is 9.71 Å². The van der Waals surface area contributed by atoms with E-state index in [4.69, 9.17) is 4.74 Å². The highest BCUT2D eigenvalue weighted by molar-refractivity contribution is 7.92. The molecular weight excluding hydrogens is 228 g/mol. The second-order valence-electron chi connectivity index (χ2n) is 3.53. The van der Waals surface area contributed by atoms with Crippen molar-refractivity contribution in [1.29, 1.82) is 0 Å². The van der Waals surface area contributed by atoms with Crippen LogP contribution in [0.25, 0.3) is 0 Å². The van der Waals surface area contributed by atoms with Crippen LogP contribution < -0.4 is 9.46 Å². The summed E-state index contributed by atoms with van der Waals surface area (Å²) in [6.07, 6.45) is 1.50. The highest BCUT2D eigenvalue weighted by Gasteiger charge is 2.12. The van der Waals surface area contributed by atoms with Crippen molar-refractivity contribution in [3.63, 3.8) is 0 Å². The number of nitrogens with one attached hydrogen (secondary N) is 1. The van der Waals surface area contributed by atoms with Gasteiger partial charge in [-0.05, 0) is 32.9 Å². The number of aromatic nitrogens is 1. The Hall–Kier alpha value is -1.30. The molecule has 1 aromatic rings. The number of anilines is 1. The quantitative estimate of drug-likeness (QED) is 0.854. The molecule has 0 aliphatic carbocycles. The first-order chi connectivity index (χ1) is 7.44. The van der Waals surface area contributed by atoms with Crippen molar-refractivity contribution in [3.8, 4) is 5.88 Å². The molecule has 1 N–H and O–H groups in total. The molecule has 0 radical (unpaired) electrons. The summed E-state index contributed by atoms with van der Waals surface area (Å²) in [5.41, 5.74) is 0.373. The summed E-state index contributed by atoms with van der Waals surface area (Å²) in [6, 6.07) is 3.28. The molecule has 0 aliphatic rings. The van der Waals surface area contributed by atoms with Crippen molar-refractivity contribution >= 4 is 15.7 Å². The molecule has 0 unspecified atom stereocenters. The normalized spacial score (nSPS) is 11.5. The lowest BCUT2D eigenvalue weighted by Gasteiger charge is -2.13. The van der Waals surface area contributed by atoms with Crippen LogP contribution >= 0.6 is 0 Å². The van der Waals surface area contributed by atoms with Gasteiger partial charge in [0.25, 0.3) is 0 Å². The van der Waals surface area contributed by atoms with Crippen LogP contribution in [0.1, 0.15) is 20.8 Å². The Bertz CT molecular complexity index is 443. The van der Waals surface area contributed by atoms with Crippen molar-refractivity contribution in [2.75, 3.05) is 10.5 Å². The zero-order chi connectivity index (χ0) is 12.2. The lowest BCUT2D eigenvalue weighted by atomic mass is 10.4. The van der Waals surface area contributed by atoms with Crippen LogP contribution in [0, 0.1) is 0 Å². The molecule has 1 rings (SSSR count). The minimum atomic E-state index is -3.30. The molecule has 0 saturated heterocycles. The SMILES string of the molecule is CCS(=O)(=O)Nc1cccnc1OC(C)C. The maximum atomic E-state index is 11.4. The maximum absolute atomic E-state index is 11.4. The first-order valence-corrected chi connectivity index (χ1v) is 6.72. The van der Waals surface area contributed by atoms with E-state index in [9.17, 15) is 8.42 Å². The van der Waals surface area contributed by atoms with Gasteiger partial charge in [-0.25, -0.2) is 13.4 Å². The first kappa shape index (κ1) is 12.8. The molecule has 0 bridgehead atoms. The molecule has 0 spiro atoms. The molecule has 1 heterocycles. The third-order valence-corrected chi connectivity index (χ3v) is 3.05. The molecule has 0 fully saturated rings. The van der Waals surface area contributed by atoms with Crippen LogP contribution in [-0.4, -0.2) is 25.3 Å². The van der Waals surface area contributed by atoms with Crippen LogP contribution in [-0.2, 0) is 10.0 Å². The minimum Gasteiger partial charge on any atom is -0.473 e. The van der Waals surface area contributed by atoms with Crippen LogP contribution in [0.2, 0.25) is 0 Å². The Labute approximate surface area is 95.9 Å². The van der Waals surface area contributed by atoms with Crippen molar-refractivity contribution < 1.29 is 13.2 Å². The topological polar surface area (TPSA) is 68.3 Å². The summed E-state index contributed by atoms with van der Waals surface area (Å²) < 4.78 is 30.6. The molecule has 5 nitrogen and oxygen atoms in total. The number of hydrogen-bond donors (Lipinski definition) is 1. The monoisotopic (exact) mass is 244 g/mol. The fraction of sp³-hybridized carbons (Fsp3) is 0.500. The summed E-state index contributed by atoms with van der Waals surface area (Å²) in [7, 11) is -3.30. The van der Waals surface area contributed by atoms with Gasteiger partial charge in [0, 0.05) is 6.20 Å². The van der Waals surface area contributed by atoms with Gasteiger partial charge in [-0.3, -0.25) is 4.72 Å². The lowest BCUT2D eigenvalue weighted by molar-refractivity contribution is 0.234. The molecule has 0 aromatic carbocycles. The average Bonchev–Trinajstić information content (AvgIpc) is 2.20. The van der Waals surface area contributed by atoms with Gasteiger partial charge in [0.1, 0.15) is 5.69 Å². The summed E-state index contributed by atoms with van der Waals surface area (Å²) >= 11 is 0. The van der Waals surface area contributed by atoms with E-state index in [0.717, 1.165) is 0 Å². The molecule has 0 aliphatic heterocycles. The molecule has 16 heavy (non-hydrogen) atoms. The highest BCUT2D eigenvalue weighted by Crippen LogP contribution is 2.22. The number of pyridine rings is 1. The summed E-state index contributed by atoms with van der Waals surface area (Å²) in [6.45, 7) is 5.28. The van der Waals surface area contributed by atoms with Gasteiger partial charge in [0.05, 0.1) is 11.9 Å². The van der Waals surface area contributed by atoms with Gasteiger partial charge in [-0.15, -0.1) is 0 Å². The zero-order valence-corrected chi connectivity index (χ0v) is 10.4. The number of hydrogen-bond acceptors (Lipinski definition) is 4. The van der Waals surface area contributed by atoms with Gasteiger partial charge in [-0.1, -0.05) is 0 Å². The van der Waals surface area contributed by atoms with Crippen LogP contribution in [0.15, 0.2) is 18.3 Å². The fourth-order valence-electron chi connectivity index (χ4n) is 1.03. The summed E-state index contributed by atoms with van der Waals surface area (Å²) in [5, 5.41) is 0. The van der Waals surface area contributed by atoms with Crippen LogP contribution in [0.4, 0.5) is 5.69 Å². The number of nitrogens with zero attached hydrogens (tertiary/aromatic N) is 1. The fourth-order valence-corrected chi connectivity index (χ4v) is 1.66. The molecule has 1 aromatic heterocycles. The van der Waals surface area contributed by atoms with Gasteiger partial charge in [0.2, 0.25) is 15.9 Å². The second-order valence-corrected chi connectivity index (χ2v) is 5.54. The standard InChI is InChI=1S/C10H16N2O3S/c1-4-16(13,14)12-9-6-5-7-11-10(9)15-8(2)3/h5-8,12H,4H2,1-3H3. The smallest absolute Gasteiger partial charge is 0.238 e. The van der Waals surface area contributed by atoms with Crippen molar-refractivity contribution in [2.24, 2.45) is 0 Å². The van der Waals surface area contributed by atoms with E-state index in [1.165, 1.54) is 0 Å². The lowest BCUT2D eigenvalue weighted by Crippen LogP contribution is -2.17. The Morgan fingerprint density at radius 2 is 2.19 bits per heavy atom. The molecule has 90 valence electrons. The van der Waals surface area contributed by atoms with E-state index >= 15 is 0 Å². The van der Waals surface area contributed by atoms with E-state index in [1.807, 2.05) is 13.8 Å². The van der Waals surface area contributed by atoms with Crippen LogP contribution in [0.3, 0.4) is 0 Å². The van der Waals surface area contributed by atoms with Crippen molar-refractivity contribution in [1.82, 2.24) is 4.98 Å². The zero-order valence-electron chi connectivity index (χ0n) is 9.60. The van der Waals surface area contributed by atoms with Crippen molar-refractivity contribution in [3.05, 3.63) is 18.3 Å². The number of sulfonamides is 1. The predicted molar refractivity (Wildman–Crippen MR) is 63.1 cm³/mol. The first-order valence-electron chi connectivity index (χ1n) is 5.06. The summed E-state index contributed by atoms with van der Waals surface area (Å²) in [4.78, 5) is 3.99. The number of rotatable bonds is 5. The Kier molecular flexibility index (Phi) is 4.12. The summed E-state index contributed by atoms with van der Waals surface area (Å²) in [5.74, 6) is 0.317. The van der Waals surface area contributed by atoms with Crippen molar-refractivity contribution in [2.45, 2.75) is 26.9 Å². The Balaban J connectivity index is 2.95. The van der Waals surface area contributed by atoms with Gasteiger partial charge in [-0.2, -0.15) is 0 Å². The second kappa shape index (κ2) is 5.16. The third kappa shape index (κ3) is 3.69. The van der Waals surface area contributed by atoms with E-state index in [1.54, 1.807) is 25.3 Å². The molecular formula is C10H16N2O3S. The van der Waals surface area contributed by atoms with Gasteiger partial charge < -0.3 is 4.74 Å². The predicted octanol–water partition coefficient (Wildman–Crippen LogP) is 1.63. The maximum Gasteiger partial charge on any atom is 0.238 e. The Morgan fingerprint density at radius 3 is 2.75 bits per heavy atom. The Morgan fingerprint density at radius 1 is 1.50 bits per heavy atom. The minimum absolute atomic E-state index is 0.0169. The average molecular weight is 244 g/mol. The largest absolute Gasteiger partial charge is 0.473 e. The van der Waals surface area contributed by atoms with Gasteiger partial charge in [0.15, 0.2) is 0 Å². The highest BCUT2D eigenvalue weighted by atomic mass is 32.2. The molecule has 0 atom stereocenters. The van der Waals surface area contributed by atoms with E-state index in [0.29, 0.717) is 11.6 Å². The number of ether oxygens (including phenoxy) is 1. The van der Waals surface area contributed by atoms with E-state index < -0.39 is 10.0 Å². The third-order valence-electron chi connectivity index (χ3n) is 1.76. The van der Waals surface area contributed by atoms with Crippen LogP contribution in [0.5, 0.6) is 5.88 Å². The molecule has 0 amide bonds. The van der Waals surface area contributed by atoms with E-state index in [-0.39, 0.29) is 11.9 Å². The van der Waals surface area contributed by atoms with Gasteiger partial charge >= 0.3 is 0 Å². The molecule has 0 saturated carbocycles. The molecule has 6 heteroatoms.